The number of aromatic nitrogens is 1. The summed E-state index contributed by atoms with van der Waals surface area (Å²) in [5.74, 6) is 2.68. The van der Waals surface area contributed by atoms with Gasteiger partial charge in [0.25, 0.3) is 5.56 Å². The van der Waals surface area contributed by atoms with Crippen molar-refractivity contribution in [1.82, 2.24) is 4.98 Å². The van der Waals surface area contributed by atoms with Gasteiger partial charge >= 0.3 is 0 Å². The van der Waals surface area contributed by atoms with Crippen LogP contribution in [0.4, 0.5) is 0 Å². The average Bonchev–Trinajstić information content (AvgIpc) is 3.42. The van der Waals surface area contributed by atoms with Crippen LogP contribution in [-0.2, 0) is 0 Å². The Bertz CT molecular complexity index is 822. The largest absolute Gasteiger partial charge is 0.497 e. The van der Waals surface area contributed by atoms with E-state index < -0.39 is 0 Å². The zero-order chi connectivity index (χ0) is 18.8. The lowest BCUT2D eigenvalue weighted by Gasteiger charge is -2.23. The number of H-pyrrole nitrogens is 1. The molecule has 1 heterocycles. The van der Waals surface area contributed by atoms with Gasteiger partial charge in [0.2, 0.25) is 0 Å². The van der Waals surface area contributed by atoms with Gasteiger partial charge in [-0.3, -0.25) is 4.79 Å². The first kappa shape index (κ1) is 19.0. The molecule has 26 heavy (non-hydrogen) atoms. The van der Waals surface area contributed by atoms with Gasteiger partial charge in [0.15, 0.2) is 0 Å². The number of ether oxygens (including phenoxy) is 2. The molecular formula is C21H26BrNO3. The van der Waals surface area contributed by atoms with Gasteiger partial charge in [-0.2, -0.15) is 0 Å². The molecule has 1 aromatic heterocycles. The first-order valence-electron chi connectivity index (χ1n) is 9.11. The molecule has 0 saturated heterocycles. The number of benzene rings is 1. The molecule has 0 aliphatic heterocycles. The predicted octanol–water partition coefficient (Wildman–Crippen LogP) is 5.15. The summed E-state index contributed by atoms with van der Waals surface area (Å²) >= 11 is 3.73. The summed E-state index contributed by atoms with van der Waals surface area (Å²) in [4.78, 5) is 15.4. The van der Waals surface area contributed by atoms with E-state index in [9.17, 15) is 4.79 Å². The van der Waals surface area contributed by atoms with Crippen molar-refractivity contribution in [1.29, 1.82) is 0 Å². The number of nitrogens with one attached hydrogen (secondary N) is 1. The molecule has 1 N–H and O–H groups in total. The number of halogens is 1. The molecule has 0 bridgehead atoms. The van der Waals surface area contributed by atoms with E-state index in [1.54, 1.807) is 7.11 Å². The third kappa shape index (κ3) is 3.98. The third-order valence-corrected chi connectivity index (χ3v) is 5.91. The molecule has 1 unspecified atom stereocenters. The minimum absolute atomic E-state index is 0.00116. The van der Waals surface area contributed by atoms with Gasteiger partial charge in [-0.1, -0.05) is 13.8 Å². The van der Waals surface area contributed by atoms with Crippen LogP contribution in [0.15, 0.2) is 33.5 Å². The zero-order valence-corrected chi connectivity index (χ0v) is 17.4. The quantitative estimate of drug-likeness (QED) is 0.674. The van der Waals surface area contributed by atoms with E-state index in [2.05, 4.69) is 34.8 Å². The highest BCUT2D eigenvalue weighted by molar-refractivity contribution is 9.10. The predicted molar refractivity (Wildman–Crippen MR) is 108 cm³/mol. The van der Waals surface area contributed by atoms with Gasteiger partial charge < -0.3 is 14.5 Å². The fourth-order valence-corrected chi connectivity index (χ4v) is 4.71. The highest BCUT2D eigenvalue weighted by Gasteiger charge is 2.36. The van der Waals surface area contributed by atoms with E-state index in [-0.39, 0.29) is 17.4 Å². The van der Waals surface area contributed by atoms with Crippen molar-refractivity contribution < 1.29 is 9.47 Å². The van der Waals surface area contributed by atoms with Gasteiger partial charge in [-0.05, 0) is 77.4 Å². The lowest BCUT2D eigenvalue weighted by Crippen LogP contribution is -2.22. The van der Waals surface area contributed by atoms with Gasteiger partial charge in [0.05, 0.1) is 13.7 Å². The summed E-state index contributed by atoms with van der Waals surface area (Å²) in [6, 6.07) is 7.66. The van der Waals surface area contributed by atoms with Crippen LogP contribution < -0.4 is 15.0 Å². The highest BCUT2D eigenvalue weighted by atomic mass is 79.9. The van der Waals surface area contributed by atoms with Crippen molar-refractivity contribution in [2.24, 2.45) is 5.92 Å². The lowest BCUT2D eigenvalue weighted by molar-refractivity contribution is 0.273. The summed E-state index contributed by atoms with van der Waals surface area (Å²) < 4.78 is 12.2. The second kappa shape index (κ2) is 7.87. The van der Waals surface area contributed by atoms with E-state index in [0.29, 0.717) is 12.5 Å². The smallest absolute Gasteiger partial charge is 0.252 e. The van der Waals surface area contributed by atoms with E-state index in [1.165, 1.54) is 18.4 Å². The van der Waals surface area contributed by atoms with Crippen LogP contribution in [0.5, 0.6) is 11.5 Å². The molecule has 0 amide bonds. The Balaban J connectivity index is 1.88. The van der Waals surface area contributed by atoms with Crippen molar-refractivity contribution in [2.75, 3.05) is 13.7 Å². The fraction of sp³-hybridized carbons (Fsp3) is 0.476. The van der Waals surface area contributed by atoms with E-state index in [1.807, 2.05) is 31.2 Å². The molecule has 1 atom stereocenters. The number of hydrogen-bond acceptors (Lipinski definition) is 3. The first-order chi connectivity index (χ1) is 12.4. The fourth-order valence-electron chi connectivity index (χ4n) is 3.48. The molecule has 4 nitrogen and oxygen atoms in total. The molecule has 5 heteroatoms. The average molecular weight is 420 g/mol. The number of aryl methyl sites for hydroxylation is 1. The molecule has 1 aliphatic carbocycles. The molecule has 0 spiro atoms. The van der Waals surface area contributed by atoms with Gasteiger partial charge in [0, 0.05) is 21.6 Å². The van der Waals surface area contributed by atoms with Crippen LogP contribution in [0.1, 0.15) is 55.3 Å². The first-order valence-corrected chi connectivity index (χ1v) is 9.90. The Morgan fingerprint density at radius 3 is 2.31 bits per heavy atom. The van der Waals surface area contributed by atoms with Gasteiger partial charge in [-0.15, -0.1) is 0 Å². The molecule has 1 aromatic carbocycles. The molecule has 140 valence electrons. The van der Waals surface area contributed by atoms with E-state index in [0.717, 1.165) is 27.2 Å². The molecule has 1 saturated carbocycles. The van der Waals surface area contributed by atoms with Crippen molar-refractivity contribution in [3.05, 3.63) is 55.9 Å². The van der Waals surface area contributed by atoms with Crippen LogP contribution in [0.3, 0.4) is 0 Å². The van der Waals surface area contributed by atoms with Gasteiger partial charge in [-0.25, -0.2) is 0 Å². The van der Waals surface area contributed by atoms with Crippen LogP contribution >= 0.6 is 15.9 Å². The van der Waals surface area contributed by atoms with E-state index >= 15 is 0 Å². The van der Waals surface area contributed by atoms with Crippen molar-refractivity contribution >= 4 is 15.9 Å². The maximum atomic E-state index is 12.4. The van der Waals surface area contributed by atoms with Crippen LogP contribution in [0.2, 0.25) is 0 Å². The standard InChI is InChI=1S/C21H26BrNO3/c1-12(2)18-20(22)19(13(3)23-21(18)24)17(14-5-6-14)11-26-16-9-7-15(25-4)8-10-16/h7-10,12,14,17H,5-6,11H2,1-4H3,(H,23,24). The molecule has 0 radical (unpaired) electrons. The summed E-state index contributed by atoms with van der Waals surface area (Å²) in [5.41, 5.74) is 2.94. The molecular weight excluding hydrogens is 394 g/mol. The SMILES string of the molecule is COc1ccc(OCC(c2c(C)[nH]c(=O)c(C(C)C)c2Br)C2CC2)cc1. The van der Waals surface area contributed by atoms with Crippen molar-refractivity contribution in [2.45, 2.75) is 45.4 Å². The molecule has 1 fully saturated rings. The number of pyridine rings is 1. The summed E-state index contributed by atoms with van der Waals surface area (Å²) in [6.45, 7) is 6.68. The van der Waals surface area contributed by atoms with Crippen LogP contribution in [0.25, 0.3) is 0 Å². The normalized spacial score (nSPS) is 15.2. The minimum atomic E-state index is -0.00116. The molecule has 3 rings (SSSR count). The molecule has 2 aromatic rings. The lowest BCUT2D eigenvalue weighted by atomic mass is 9.90. The van der Waals surface area contributed by atoms with Crippen molar-refractivity contribution in [3.8, 4) is 11.5 Å². The Morgan fingerprint density at radius 2 is 1.77 bits per heavy atom. The van der Waals surface area contributed by atoms with E-state index in [4.69, 9.17) is 9.47 Å². The van der Waals surface area contributed by atoms with Crippen molar-refractivity contribution in [3.63, 3.8) is 0 Å². The Morgan fingerprint density at radius 1 is 1.15 bits per heavy atom. The van der Waals surface area contributed by atoms with Gasteiger partial charge in [0.1, 0.15) is 11.5 Å². The third-order valence-electron chi connectivity index (χ3n) is 5.05. The Kier molecular flexibility index (Phi) is 5.76. The number of methoxy groups -OCH3 is 1. The topological polar surface area (TPSA) is 51.3 Å². The maximum Gasteiger partial charge on any atom is 0.252 e. The summed E-state index contributed by atoms with van der Waals surface area (Å²) in [6.07, 6.45) is 2.41. The number of rotatable bonds is 7. The Labute approximate surface area is 163 Å². The number of hydrogen-bond donors (Lipinski definition) is 1. The summed E-state index contributed by atoms with van der Waals surface area (Å²) in [5, 5.41) is 0. The summed E-state index contributed by atoms with van der Waals surface area (Å²) in [7, 11) is 1.65. The second-order valence-electron chi connectivity index (χ2n) is 7.31. The zero-order valence-electron chi connectivity index (χ0n) is 15.8. The monoisotopic (exact) mass is 419 g/mol. The Hall–Kier alpha value is -1.75. The minimum Gasteiger partial charge on any atom is -0.497 e. The van der Waals surface area contributed by atoms with Crippen LogP contribution in [-0.4, -0.2) is 18.7 Å². The maximum absolute atomic E-state index is 12.4. The molecule has 1 aliphatic rings. The second-order valence-corrected chi connectivity index (χ2v) is 8.10. The number of aromatic amines is 1. The highest BCUT2D eigenvalue weighted by Crippen LogP contribution is 2.46. The van der Waals surface area contributed by atoms with Crippen LogP contribution in [0, 0.1) is 12.8 Å².